The van der Waals surface area contributed by atoms with E-state index in [1.54, 1.807) is 18.2 Å². The smallest absolute Gasteiger partial charge is 0.356 e. The molecule has 0 amide bonds. The topological polar surface area (TPSA) is 65.5 Å². The molecular formula is C30H51NO4. The van der Waals surface area contributed by atoms with Crippen LogP contribution in [0.4, 0.5) is 0 Å². The highest BCUT2D eigenvalue weighted by atomic mass is 16.5. The van der Waals surface area contributed by atoms with Gasteiger partial charge in [0.15, 0.2) is 0 Å². The summed E-state index contributed by atoms with van der Waals surface area (Å²) in [5, 5.41) is 0. The van der Waals surface area contributed by atoms with Gasteiger partial charge in [-0.2, -0.15) is 0 Å². The average Bonchev–Trinajstić information content (AvgIpc) is 2.88. The second kappa shape index (κ2) is 22.5. The standard InChI is InChI=1S/C30H51NO4/c1-3-5-7-9-10-11-12-13-14-15-16-17-19-21-26-35-30(33)28-24-22-23-27(31-28)29(32)34-25-20-18-8-6-4-2/h22-24H,3-21,25-26H2,1-2H3. The van der Waals surface area contributed by atoms with Crippen LogP contribution in [0.25, 0.3) is 0 Å². The second-order valence-electron chi connectivity index (χ2n) is 9.69. The molecule has 0 radical (unpaired) electrons. The highest BCUT2D eigenvalue weighted by molar-refractivity contribution is 5.91. The molecule has 0 atom stereocenters. The summed E-state index contributed by atoms with van der Waals surface area (Å²) in [7, 11) is 0. The van der Waals surface area contributed by atoms with E-state index < -0.39 is 11.9 Å². The van der Waals surface area contributed by atoms with Crippen molar-refractivity contribution in [2.75, 3.05) is 13.2 Å². The van der Waals surface area contributed by atoms with Gasteiger partial charge >= 0.3 is 11.9 Å². The van der Waals surface area contributed by atoms with Gasteiger partial charge in [-0.15, -0.1) is 0 Å². The Morgan fingerprint density at radius 1 is 0.543 bits per heavy atom. The number of esters is 2. The van der Waals surface area contributed by atoms with E-state index in [4.69, 9.17) is 9.47 Å². The lowest BCUT2D eigenvalue weighted by atomic mass is 10.0. The summed E-state index contributed by atoms with van der Waals surface area (Å²) in [6, 6.07) is 4.80. The lowest BCUT2D eigenvalue weighted by molar-refractivity contribution is 0.0482. The maximum atomic E-state index is 12.3. The minimum Gasteiger partial charge on any atom is -0.461 e. The van der Waals surface area contributed by atoms with Crippen LogP contribution in [0.1, 0.15) is 157 Å². The lowest BCUT2D eigenvalue weighted by Crippen LogP contribution is -2.13. The number of nitrogens with zero attached hydrogens (tertiary/aromatic N) is 1. The minimum atomic E-state index is -0.484. The Labute approximate surface area is 214 Å². The van der Waals surface area contributed by atoms with Gasteiger partial charge in [-0.05, 0) is 25.0 Å². The van der Waals surface area contributed by atoms with Gasteiger partial charge in [-0.1, -0.05) is 129 Å². The summed E-state index contributed by atoms with van der Waals surface area (Å²) >= 11 is 0. The van der Waals surface area contributed by atoms with E-state index in [1.165, 1.54) is 89.9 Å². The minimum absolute atomic E-state index is 0.157. The van der Waals surface area contributed by atoms with Crippen molar-refractivity contribution in [2.24, 2.45) is 0 Å². The molecule has 200 valence electrons. The van der Waals surface area contributed by atoms with Crippen molar-refractivity contribution in [3.8, 4) is 0 Å². The molecule has 5 heteroatoms. The molecular weight excluding hydrogens is 438 g/mol. The molecule has 5 nitrogen and oxygen atoms in total. The van der Waals surface area contributed by atoms with Crippen molar-refractivity contribution in [3.05, 3.63) is 29.6 Å². The SMILES string of the molecule is CCCCCCCCCCCCCCCCOC(=O)c1cccc(C(=O)OCCCCCCC)n1. The molecule has 0 fully saturated rings. The number of hydrogen-bond donors (Lipinski definition) is 0. The van der Waals surface area contributed by atoms with Crippen molar-refractivity contribution in [1.82, 2.24) is 4.98 Å². The fourth-order valence-electron chi connectivity index (χ4n) is 4.14. The van der Waals surface area contributed by atoms with Crippen LogP contribution < -0.4 is 0 Å². The molecule has 1 aromatic rings. The molecule has 0 N–H and O–H groups in total. The zero-order chi connectivity index (χ0) is 25.4. The summed E-state index contributed by atoms with van der Waals surface area (Å²) in [5.74, 6) is -0.962. The molecule has 0 saturated heterocycles. The summed E-state index contributed by atoms with van der Waals surface area (Å²) in [4.78, 5) is 28.6. The fourth-order valence-corrected chi connectivity index (χ4v) is 4.14. The summed E-state index contributed by atoms with van der Waals surface area (Å²) in [6.45, 7) is 5.22. The Kier molecular flexibility index (Phi) is 20.0. The summed E-state index contributed by atoms with van der Waals surface area (Å²) in [6.07, 6.45) is 23.6. The van der Waals surface area contributed by atoms with Crippen LogP contribution in [-0.4, -0.2) is 30.1 Å². The first-order valence-corrected chi connectivity index (χ1v) is 14.5. The Morgan fingerprint density at radius 3 is 1.20 bits per heavy atom. The maximum absolute atomic E-state index is 12.3. The van der Waals surface area contributed by atoms with Gasteiger partial charge in [0.05, 0.1) is 13.2 Å². The molecule has 0 aromatic carbocycles. The van der Waals surface area contributed by atoms with Gasteiger partial charge in [0, 0.05) is 0 Å². The van der Waals surface area contributed by atoms with E-state index in [0.29, 0.717) is 13.2 Å². The predicted molar refractivity (Wildman–Crippen MR) is 144 cm³/mol. The number of rotatable bonds is 23. The number of hydrogen-bond acceptors (Lipinski definition) is 5. The number of carbonyl (C=O) groups excluding carboxylic acids is 2. The highest BCUT2D eigenvalue weighted by Gasteiger charge is 2.14. The highest BCUT2D eigenvalue weighted by Crippen LogP contribution is 2.13. The third kappa shape index (κ3) is 17.2. The normalized spacial score (nSPS) is 10.9. The molecule has 1 rings (SSSR count). The largest absolute Gasteiger partial charge is 0.461 e. The Bertz CT molecular complexity index is 662. The monoisotopic (exact) mass is 489 g/mol. The lowest BCUT2D eigenvalue weighted by Gasteiger charge is -2.07. The zero-order valence-electron chi connectivity index (χ0n) is 22.7. The average molecular weight is 490 g/mol. The van der Waals surface area contributed by atoms with Crippen molar-refractivity contribution < 1.29 is 19.1 Å². The van der Waals surface area contributed by atoms with Crippen molar-refractivity contribution >= 4 is 11.9 Å². The van der Waals surface area contributed by atoms with Crippen LogP contribution in [0.2, 0.25) is 0 Å². The van der Waals surface area contributed by atoms with E-state index >= 15 is 0 Å². The molecule has 35 heavy (non-hydrogen) atoms. The molecule has 0 aliphatic rings. The fraction of sp³-hybridized carbons (Fsp3) is 0.767. The van der Waals surface area contributed by atoms with Gasteiger partial charge in [-0.3, -0.25) is 0 Å². The van der Waals surface area contributed by atoms with E-state index in [-0.39, 0.29) is 11.4 Å². The molecule has 0 bridgehead atoms. The van der Waals surface area contributed by atoms with Gasteiger partial charge < -0.3 is 9.47 Å². The first-order chi connectivity index (χ1) is 17.2. The molecule has 0 unspecified atom stereocenters. The summed E-state index contributed by atoms with van der Waals surface area (Å²) in [5.41, 5.74) is 0.317. The number of ether oxygens (including phenoxy) is 2. The van der Waals surface area contributed by atoms with E-state index in [9.17, 15) is 9.59 Å². The third-order valence-electron chi connectivity index (χ3n) is 6.38. The van der Waals surface area contributed by atoms with E-state index in [1.807, 2.05) is 0 Å². The van der Waals surface area contributed by atoms with Gasteiger partial charge in [0.1, 0.15) is 11.4 Å². The van der Waals surface area contributed by atoms with Crippen molar-refractivity contribution in [1.29, 1.82) is 0 Å². The quantitative estimate of drug-likeness (QED) is 0.113. The predicted octanol–water partition coefficient (Wildman–Crippen LogP) is 8.85. The third-order valence-corrected chi connectivity index (χ3v) is 6.38. The maximum Gasteiger partial charge on any atom is 0.356 e. The van der Waals surface area contributed by atoms with Crippen LogP contribution >= 0.6 is 0 Å². The van der Waals surface area contributed by atoms with Gasteiger partial charge in [0.2, 0.25) is 0 Å². The van der Waals surface area contributed by atoms with E-state index in [0.717, 1.165) is 32.1 Å². The molecule has 0 aliphatic heterocycles. The Morgan fingerprint density at radius 2 is 0.857 bits per heavy atom. The molecule has 1 heterocycles. The van der Waals surface area contributed by atoms with Crippen LogP contribution in [0, 0.1) is 0 Å². The van der Waals surface area contributed by atoms with Gasteiger partial charge in [0.25, 0.3) is 0 Å². The molecule has 0 aliphatic carbocycles. The zero-order valence-corrected chi connectivity index (χ0v) is 22.7. The Balaban J connectivity index is 2.05. The second-order valence-corrected chi connectivity index (χ2v) is 9.69. The number of unbranched alkanes of at least 4 members (excludes halogenated alkanes) is 17. The van der Waals surface area contributed by atoms with Crippen LogP contribution in [0.3, 0.4) is 0 Å². The molecule has 0 spiro atoms. The van der Waals surface area contributed by atoms with Gasteiger partial charge in [-0.25, -0.2) is 14.6 Å². The number of carbonyl (C=O) groups is 2. The first kappa shape index (κ1) is 31.1. The van der Waals surface area contributed by atoms with E-state index in [2.05, 4.69) is 18.8 Å². The summed E-state index contributed by atoms with van der Waals surface area (Å²) < 4.78 is 10.6. The first-order valence-electron chi connectivity index (χ1n) is 14.5. The van der Waals surface area contributed by atoms with Crippen molar-refractivity contribution in [2.45, 2.75) is 136 Å². The number of aromatic nitrogens is 1. The van der Waals surface area contributed by atoms with Crippen LogP contribution in [0.15, 0.2) is 18.2 Å². The molecule has 0 saturated carbocycles. The van der Waals surface area contributed by atoms with Crippen LogP contribution in [0.5, 0.6) is 0 Å². The van der Waals surface area contributed by atoms with Crippen molar-refractivity contribution in [3.63, 3.8) is 0 Å². The van der Waals surface area contributed by atoms with Crippen LogP contribution in [-0.2, 0) is 9.47 Å². The Hall–Kier alpha value is -1.91. The molecule has 1 aromatic heterocycles. The number of pyridine rings is 1.